The summed E-state index contributed by atoms with van der Waals surface area (Å²) < 4.78 is 1.67. The Morgan fingerprint density at radius 2 is 2.14 bits per heavy atom. The third-order valence-corrected chi connectivity index (χ3v) is 3.29. The Balaban J connectivity index is 0.00000220. The molecule has 1 aromatic heterocycles. The number of carbonyl (C=O) groups excluding carboxylic acids is 1. The van der Waals surface area contributed by atoms with Gasteiger partial charge in [0.2, 0.25) is 5.91 Å². The molecule has 0 saturated heterocycles. The molecule has 5 nitrogen and oxygen atoms in total. The molecule has 2 rings (SSSR count). The van der Waals surface area contributed by atoms with Crippen LogP contribution in [0.5, 0.6) is 0 Å². The molecule has 0 aliphatic rings. The first-order valence-electron chi connectivity index (χ1n) is 6.24. The maximum Gasteiger partial charge on any atom is 0.246 e. The van der Waals surface area contributed by atoms with Crippen LogP contribution in [0.15, 0.2) is 30.6 Å². The van der Waals surface area contributed by atoms with Crippen molar-refractivity contribution in [2.24, 2.45) is 7.05 Å². The average molecular weight is 329 g/mol. The molecule has 0 aliphatic carbocycles. The first-order valence-corrected chi connectivity index (χ1v) is 6.62. The maximum absolute atomic E-state index is 12.3. The number of nitrogens with zero attached hydrogens (tertiary/aromatic N) is 2. The van der Waals surface area contributed by atoms with Gasteiger partial charge in [-0.1, -0.05) is 11.6 Å². The fourth-order valence-electron chi connectivity index (χ4n) is 2.01. The van der Waals surface area contributed by atoms with Crippen LogP contribution in [-0.4, -0.2) is 22.7 Å². The van der Waals surface area contributed by atoms with Gasteiger partial charge < -0.3 is 10.6 Å². The lowest BCUT2D eigenvalue weighted by Gasteiger charge is -2.15. The van der Waals surface area contributed by atoms with Crippen molar-refractivity contribution in [2.75, 3.05) is 12.4 Å². The van der Waals surface area contributed by atoms with Crippen molar-refractivity contribution in [1.82, 2.24) is 15.1 Å². The molecule has 7 heteroatoms. The third kappa shape index (κ3) is 4.20. The summed E-state index contributed by atoms with van der Waals surface area (Å²) in [5.41, 5.74) is 2.49. The van der Waals surface area contributed by atoms with Gasteiger partial charge in [0.25, 0.3) is 0 Å². The molecule has 1 heterocycles. The highest BCUT2D eigenvalue weighted by atomic mass is 35.5. The second kappa shape index (κ2) is 7.45. The molecule has 2 aromatic rings. The number of aromatic nitrogens is 2. The van der Waals surface area contributed by atoms with E-state index < -0.39 is 6.04 Å². The molecule has 114 valence electrons. The first-order chi connectivity index (χ1) is 9.51. The molecule has 0 bridgehead atoms. The lowest BCUT2D eigenvalue weighted by atomic mass is 10.1. The molecule has 0 fully saturated rings. The zero-order valence-corrected chi connectivity index (χ0v) is 13.6. The molecule has 21 heavy (non-hydrogen) atoms. The minimum atomic E-state index is -0.446. The van der Waals surface area contributed by atoms with Gasteiger partial charge in [-0.2, -0.15) is 5.10 Å². The standard InChI is InChI=1S/C14H17ClN4O.ClH/c1-9-6-11(15)4-5-12(9)18-14(20)13(16-2)10-7-17-19(3)8-10;/h4-8,13,16H,1-3H3,(H,18,20);1H. The maximum atomic E-state index is 12.3. The van der Waals surface area contributed by atoms with Crippen molar-refractivity contribution < 1.29 is 4.79 Å². The Kier molecular flexibility index (Phi) is 6.20. The summed E-state index contributed by atoms with van der Waals surface area (Å²) in [5, 5.41) is 10.6. The van der Waals surface area contributed by atoms with E-state index in [1.807, 2.05) is 26.2 Å². The van der Waals surface area contributed by atoms with Gasteiger partial charge in [0.1, 0.15) is 6.04 Å². The van der Waals surface area contributed by atoms with E-state index in [9.17, 15) is 4.79 Å². The quantitative estimate of drug-likeness (QED) is 0.907. The van der Waals surface area contributed by atoms with Crippen LogP contribution in [0.4, 0.5) is 5.69 Å². The molecular weight excluding hydrogens is 311 g/mol. The van der Waals surface area contributed by atoms with Crippen LogP contribution >= 0.6 is 24.0 Å². The van der Waals surface area contributed by atoms with Gasteiger partial charge in [-0.25, -0.2) is 0 Å². The number of amides is 1. The fraction of sp³-hybridized carbons (Fsp3) is 0.286. The van der Waals surface area contributed by atoms with Crippen LogP contribution in [0, 0.1) is 6.92 Å². The fourth-order valence-corrected chi connectivity index (χ4v) is 2.24. The van der Waals surface area contributed by atoms with Gasteiger partial charge in [0, 0.05) is 29.5 Å². The van der Waals surface area contributed by atoms with E-state index in [0.717, 1.165) is 16.8 Å². The molecule has 1 aromatic carbocycles. The van der Waals surface area contributed by atoms with Gasteiger partial charge >= 0.3 is 0 Å². The largest absolute Gasteiger partial charge is 0.324 e. The molecule has 0 saturated carbocycles. The Hall–Kier alpha value is -1.56. The van der Waals surface area contributed by atoms with Crippen LogP contribution in [-0.2, 0) is 11.8 Å². The number of nitrogens with one attached hydrogen (secondary N) is 2. The summed E-state index contributed by atoms with van der Waals surface area (Å²) in [6, 6.07) is 4.92. The minimum Gasteiger partial charge on any atom is -0.324 e. The number of rotatable bonds is 4. The molecule has 0 radical (unpaired) electrons. The van der Waals surface area contributed by atoms with Gasteiger partial charge in [-0.05, 0) is 37.7 Å². The van der Waals surface area contributed by atoms with E-state index in [1.54, 1.807) is 30.1 Å². The van der Waals surface area contributed by atoms with E-state index in [0.29, 0.717) is 5.02 Å². The number of benzene rings is 1. The topological polar surface area (TPSA) is 59.0 Å². The van der Waals surface area contributed by atoms with Crippen molar-refractivity contribution in [3.05, 3.63) is 46.7 Å². The summed E-state index contributed by atoms with van der Waals surface area (Å²) in [6.45, 7) is 1.90. The van der Waals surface area contributed by atoms with E-state index in [1.165, 1.54) is 0 Å². The van der Waals surface area contributed by atoms with E-state index >= 15 is 0 Å². The second-order valence-electron chi connectivity index (χ2n) is 4.62. The third-order valence-electron chi connectivity index (χ3n) is 3.06. The van der Waals surface area contributed by atoms with Crippen molar-refractivity contribution in [3.63, 3.8) is 0 Å². The molecular formula is C14H18Cl2N4O. The highest BCUT2D eigenvalue weighted by Gasteiger charge is 2.20. The summed E-state index contributed by atoms with van der Waals surface area (Å²) in [7, 11) is 3.56. The number of aryl methyl sites for hydroxylation is 2. The molecule has 2 N–H and O–H groups in total. The Bertz CT molecular complexity index is 627. The van der Waals surface area contributed by atoms with E-state index in [4.69, 9.17) is 11.6 Å². The number of carbonyl (C=O) groups is 1. The predicted octanol–water partition coefficient (Wildman–Crippen LogP) is 2.70. The normalized spacial score (nSPS) is 11.6. The Morgan fingerprint density at radius 3 is 2.67 bits per heavy atom. The van der Waals surface area contributed by atoms with Crippen molar-refractivity contribution in [2.45, 2.75) is 13.0 Å². The minimum absolute atomic E-state index is 0. The second-order valence-corrected chi connectivity index (χ2v) is 5.05. The van der Waals surface area contributed by atoms with Gasteiger partial charge in [-0.15, -0.1) is 12.4 Å². The predicted molar refractivity (Wildman–Crippen MR) is 87.1 cm³/mol. The molecule has 1 atom stereocenters. The SMILES string of the molecule is CNC(C(=O)Nc1ccc(Cl)cc1C)c1cnn(C)c1.Cl. The lowest BCUT2D eigenvalue weighted by molar-refractivity contribution is -0.118. The first kappa shape index (κ1) is 17.5. The van der Waals surface area contributed by atoms with Crippen LogP contribution in [0.2, 0.25) is 5.02 Å². The van der Waals surface area contributed by atoms with Crippen molar-refractivity contribution >= 4 is 35.6 Å². The number of halogens is 2. The number of hydrogen-bond donors (Lipinski definition) is 2. The molecule has 1 unspecified atom stereocenters. The van der Waals surface area contributed by atoms with E-state index in [2.05, 4.69) is 15.7 Å². The van der Waals surface area contributed by atoms with Crippen LogP contribution in [0.3, 0.4) is 0 Å². The molecule has 0 aliphatic heterocycles. The Morgan fingerprint density at radius 1 is 1.43 bits per heavy atom. The summed E-state index contributed by atoms with van der Waals surface area (Å²) in [4.78, 5) is 12.3. The number of hydrogen-bond acceptors (Lipinski definition) is 3. The number of likely N-dealkylation sites (N-methyl/N-ethyl adjacent to an activating group) is 1. The smallest absolute Gasteiger partial charge is 0.246 e. The van der Waals surface area contributed by atoms with Gasteiger partial charge in [0.15, 0.2) is 0 Å². The summed E-state index contributed by atoms with van der Waals surface area (Å²) in [5.74, 6) is -0.133. The van der Waals surface area contributed by atoms with Crippen molar-refractivity contribution in [3.8, 4) is 0 Å². The van der Waals surface area contributed by atoms with Crippen LogP contribution in [0.1, 0.15) is 17.2 Å². The van der Waals surface area contributed by atoms with Gasteiger partial charge in [0.05, 0.1) is 6.20 Å². The highest BCUT2D eigenvalue weighted by molar-refractivity contribution is 6.30. The zero-order chi connectivity index (χ0) is 14.7. The van der Waals surface area contributed by atoms with Crippen molar-refractivity contribution in [1.29, 1.82) is 0 Å². The van der Waals surface area contributed by atoms with E-state index in [-0.39, 0.29) is 18.3 Å². The summed E-state index contributed by atoms with van der Waals surface area (Å²) in [6.07, 6.45) is 3.49. The van der Waals surface area contributed by atoms with Crippen LogP contribution in [0.25, 0.3) is 0 Å². The Labute approximate surface area is 135 Å². The number of anilines is 1. The molecule has 0 spiro atoms. The zero-order valence-electron chi connectivity index (χ0n) is 12.1. The monoisotopic (exact) mass is 328 g/mol. The lowest BCUT2D eigenvalue weighted by Crippen LogP contribution is -2.30. The van der Waals surface area contributed by atoms with Gasteiger partial charge in [-0.3, -0.25) is 9.48 Å². The molecule has 1 amide bonds. The average Bonchev–Trinajstić information content (AvgIpc) is 2.80. The summed E-state index contributed by atoms with van der Waals surface area (Å²) >= 11 is 5.91. The highest BCUT2D eigenvalue weighted by Crippen LogP contribution is 2.21. The van der Waals surface area contributed by atoms with Crippen LogP contribution < -0.4 is 10.6 Å².